The van der Waals surface area contributed by atoms with Crippen LogP contribution in [0, 0.1) is 6.92 Å². The van der Waals surface area contributed by atoms with Crippen molar-refractivity contribution in [3.8, 4) is 5.75 Å². The Bertz CT molecular complexity index is 374. The van der Waals surface area contributed by atoms with E-state index < -0.39 is 0 Å². The zero-order valence-electron chi connectivity index (χ0n) is 9.16. The minimum absolute atomic E-state index is 0.166. The molecule has 4 nitrogen and oxygen atoms in total. The number of aryl methyl sites for hydroxylation is 1. The van der Waals surface area contributed by atoms with Crippen LogP contribution >= 0.6 is 0 Å². The second-order valence-corrected chi connectivity index (χ2v) is 3.24. The van der Waals surface area contributed by atoms with Gasteiger partial charge in [-0.15, -0.1) is 0 Å². The maximum Gasteiger partial charge on any atom is 0.310 e. The van der Waals surface area contributed by atoms with Gasteiger partial charge in [0.15, 0.2) is 0 Å². The zero-order chi connectivity index (χ0) is 11.4. The van der Waals surface area contributed by atoms with E-state index in [0.29, 0.717) is 11.4 Å². The minimum atomic E-state index is -0.312. The Balaban J connectivity index is 3.05. The number of nitrogens with two attached hydrogens (primary N) is 1. The van der Waals surface area contributed by atoms with Gasteiger partial charge in [0.2, 0.25) is 0 Å². The van der Waals surface area contributed by atoms with Gasteiger partial charge in [0, 0.05) is 0 Å². The van der Waals surface area contributed by atoms with Gasteiger partial charge < -0.3 is 15.2 Å². The third-order valence-corrected chi connectivity index (χ3v) is 2.25. The van der Waals surface area contributed by atoms with Crippen LogP contribution in [0.2, 0.25) is 0 Å². The molecule has 0 bridgehead atoms. The zero-order valence-corrected chi connectivity index (χ0v) is 9.16. The van der Waals surface area contributed by atoms with Gasteiger partial charge in [-0.05, 0) is 18.1 Å². The van der Waals surface area contributed by atoms with Crippen LogP contribution in [0.5, 0.6) is 5.75 Å². The highest BCUT2D eigenvalue weighted by atomic mass is 16.5. The molecule has 2 N–H and O–H groups in total. The summed E-state index contributed by atoms with van der Waals surface area (Å²) in [5.41, 5.74) is 8.04. The van der Waals surface area contributed by atoms with Crippen molar-refractivity contribution in [2.45, 2.75) is 13.3 Å². The average Bonchev–Trinajstić information content (AvgIpc) is 2.23. The molecular formula is C11H15NO3. The van der Waals surface area contributed by atoms with Crippen molar-refractivity contribution < 1.29 is 14.3 Å². The topological polar surface area (TPSA) is 61.5 Å². The SMILES string of the molecule is COC(=O)Cc1ccc(C)c(OC)c1N. The highest BCUT2D eigenvalue weighted by Crippen LogP contribution is 2.29. The molecular weight excluding hydrogens is 194 g/mol. The van der Waals surface area contributed by atoms with Crippen LogP contribution in [0.1, 0.15) is 11.1 Å². The quantitative estimate of drug-likeness (QED) is 0.602. The first-order chi connectivity index (χ1) is 7.10. The molecule has 1 aromatic rings. The third-order valence-electron chi connectivity index (χ3n) is 2.25. The van der Waals surface area contributed by atoms with Crippen molar-refractivity contribution in [2.75, 3.05) is 20.0 Å². The molecule has 0 aliphatic carbocycles. The Kier molecular flexibility index (Phi) is 3.55. The number of carbonyl (C=O) groups excluding carboxylic acids is 1. The van der Waals surface area contributed by atoms with E-state index in [2.05, 4.69) is 4.74 Å². The first-order valence-corrected chi connectivity index (χ1v) is 4.59. The second kappa shape index (κ2) is 4.68. The van der Waals surface area contributed by atoms with E-state index >= 15 is 0 Å². The lowest BCUT2D eigenvalue weighted by molar-refractivity contribution is -0.139. The molecule has 1 aromatic carbocycles. The first-order valence-electron chi connectivity index (χ1n) is 4.59. The number of anilines is 1. The summed E-state index contributed by atoms with van der Waals surface area (Å²) < 4.78 is 9.73. The van der Waals surface area contributed by atoms with Crippen LogP contribution in [0.15, 0.2) is 12.1 Å². The van der Waals surface area contributed by atoms with Gasteiger partial charge in [-0.2, -0.15) is 0 Å². The van der Waals surface area contributed by atoms with E-state index in [1.807, 2.05) is 19.1 Å². The summed E-state index contributed by atoms with van der Waals surface area (Å²) in [6.07, 6.45) is 0.166. The van der Waals surface area contributed by atoms with Crippen LogP contribution in [0.25, 0.3) is 0 Å². The maximum atomic E-state index is 11.1. The van der Waals surface area contributed by atoms with Crippen molar-refractivity contribution in [1.82, 2.24) is 0 Å². The molecule has 0 aliphatic rings. The van der Waals surface area contributed by atoms with Gasteiger partial charge in [0.25, 0.3) is 0 Å². The summed E-state index contributed by atoms with van der Waals surface area (Å²) in [6, 6.07) is 3.68. The standard InChI is InChI=1S/C11H15NO3/c1-7-4-5-8(6-9(13)14-2)10(12)11(7)15-3/h4-5H,6,12H2,1-3H3. The van der Waals surface area contributed by atoms with E-state index in [9.17, 15) is 4.79 Å². The van der Waals surface area contributed by atoms with Gasteiger partial charge in [0.05, 0.1) is 26.3 Å². The van der Waals surface area contributed by atoms with Crippen LogP contribution in [-0.2, 0) is 16.0 Å². The van der Waals surface area contributed by atoms with E-state index in [0.717, 1.165) is 11.1 Å². The number of ether oxygens (including phenoxy) is 2. The number of esters is 1. The fourth-order valence-corrected chi connectivity index (χ4v) is 1.40. The molecule has 0 aliphatic heterocycles. The molecule has 0 saturated heterocycles. The molecule has 0 aromatic heterocycles. The lowest BCUT2D eigenvalue weighted by Gasteiger charge is -2.11. The predicted octanol–water partition coefficient (Wildman–Crippen LogP) is 1.30. The number of carbonyl (C=O) groups is 1. The summed E-state index contributed by atoms with van der Waals surface area (Å²) in [4.78, 5) is 11.1. The molecule has 0 atom stereocenters. The number of hydrogen-bond donors (Lipinski definition) is 1. The smallest absolute Gasteiger partial charge is 0.310 e. The number of methoxy groups -OCH3 is 2. The average molecular weight is 209 g/mol. The van der Waals surface area contributed by atoms with E-state index in [1.165, 1.54) is 7.11 Å². The number of hydrogen-bond acceptors (Lipinski definition) is 4. The molecule has 0 heterocycles. The van der Waals surface area contributed by atoms with Crippen molar-refractivity contribution in [1.29, 1.82) is 0 Å². The van der Waals surface area contributed by atoms with E-state index in [4.69, 9.17) is 10.5 Å². The Hall–Kier alpha value is -1.71. The van der Waals surface area contributed by atoms with Crippen molar-refractivity contribution >= 4 is 11.7 Å². The minimum Gasteiger partial charge on any atom is -0.494 e. The number of benzene rings is 1. The van der Waals surface area contributed by atoms with Crippen LogP contribution < -0.4 is 10.5 Å². The maximum absolute atomic E-state index is 11.1. The Labute approximate surface area is 89.0 Å². The van der Waals surface area contributed by atoms with Gasteiger partial charge >= 0.3 is 5.97 Å². The lowest BCUT2D eigenvalue weighted by Crippen LogP contribution is -2.08. The van der Waals surface area contributed by atoms with Gasteiger partial charge in [-0.25, -0.2) is 0 Å². The van der Waals surface area contributed by atoms with Gasteiger partial charge in [-0.3, -0.25) is 4.79 Å². The number of rotatable bonds is 3. The Morgan fingerprint density at radius 2 is 2.07 bits per heavy atom. The molecule has 0 radical (unpaired) electrons. The van der Waals surface area contributed by atoms with Crippen LogP contribution in [0.4, 0.5) is 5.69 Å². The van der Waals surface area contributed by atoms with E-state index in [-0.39, 0.29) is 12.4 Å². The fraction of sp³-hybridized carbons (Fsp3) is 0.364. The fourth-order valence-electron chi connectivity index (χ4n) is 1.40. The first kappa shape index (κ1) is 11.4. The molecule has 4 heteroatoms. The van der Waals surface area contributed by atoms with Crippen molar-refractivity contribution in [3.63, 3.8) is 0 Å². The lowest BCUT2D eigenvalue weighted by atomic mass is 10.1. The summed E-state index contributed by atoms with van der Waals surface area (Å²) in [6.45, 7) is 1.90. The molecule has 0 amide bonds. The molecule has 0 saturated carbocycles. The van der Waals surface area contributed by atoms with E-state index in [1.54, 1.807) is 7.11 Å². The highest BCUT2D eigenvalue weighted by Gasteiger charge is 2.11. The van der Waals surface area contributed by atoms with Crippen LogP contribution in [-0.4, -0.2) is 20.2 Å². The summed E-state index contributed by atoms with van der Waals surface area (Å²) in [5, 5.41) is 0. The van der Waals surface area contributed by atoms with Crippen LogP contribution in [0.3, 0.4) is 0 Å². The third kappa shape index (κ3) is 2.40. The summed E-state index contributed by atoms with van der Waals surface area (Å²) in [7, 11) is 2.91. The summed E-state index contributed by atoms with van der Waals surface area (Å²) in [5.74, 6) is 0.309. The van der Waals surface area contributed by atoms with Crippen molar-refractivity contribution in [2.24, 2.45) is 0 Å². The number of nitrogen functional groups attached to an aromatic ring is 1. The molecule has 0 unspecified atom stereocenters. The monoisotopic (exact) mass is 209 g/mol. The normalized spacial score (nSPS) is 9.80. The Morgan fingerprint density at radius 3 is 2.60 bits per heavy atom. The highest BCUT2D eigenvalue weighted by molar-refractivity contribution is 5.76. The second-order valence-electron chi connectivity index (χ2n) is 3.24. The molecule has 1 rings (SSSR count). The van der Waals surface area contributed by atoms with Crippen molar-refractivity contribution in [3.05, 3.63) is 23.3 Å². The van der Waals surface area contributed by atoms with Gasteiger partial charge in [0.1, 0.15) is 5.75 Å². The molecule has 0 spiro atoms. The molecule has 0 fully saturated rings. The van der Waals surface area contributed by atoms with Gasteiger partial charge in [-0.1, -0.05) is 12.1 Å². The molecule has 15 heavy (non-hydrogen) atoms. The Morgan fingerprint density at radius 1 is 1.40 bits per heavy atom. The summed E-state index contributed by atoms with van der Waals surface area (Å²) >= 11 is 0. The largest absolute Gasteiger partial charge is 0.494 e. The molecule has 82 valence electrons. The predicted molar refractivity (Wildman–Crippen MR) is 57.9 cm³/mol.